The standard InChI is InChI=1S/C15H24N2O/c1-3-17(14-9-4-5-10-15(14)18)11-13-8-6-7-12(2)16-13/h6-8,14-15,18H,3-5,9-11H2,1-2H3. The first-order valence-electron chi connectivity index (χ1n) is 7.05. The number of hydrogen-bond donors (Lipinski definition) is 1. The lowest BCUT2D eigenvalue weighted by Gasteiger charge is -2.36. The van der Waals surface area contributed by atoms with Gasteiger partial charge in [-0.2, -0.15) is 0 Å². The van der Waals surface area contributed by atoms with Crippen molar-refractivity contribution in [2.75, 3.05) is 6.54 Å². The van der Waals surface area contributed by atoms with E-state index in [2.05, 4.69) is 28.9 Å². The van der Waals surface area contributed by atoms with Crippen LogP contribution < -0.4 is 0 Å². The van der Waals surface area contributed by atoms with Gasteiger partial charge in [0.05, 0.1) is 11.8 Å². The third-order valence-corrected chi connectivity index (χ3v) is 3.88. The van der Waals surface area contributed by atoms with Gasteiger partial charge in [-0.3, -0.25) is 9.88 Å². The second-order valence-corrected chi connectivity index (χ2v) is 5.25. The largest absolute Gasteiger partial charge is 0.391 e. The van der Waals surface area contributed by atoms with Crippen LogP contribution in [0.25, 0.3) is 0 Å². The van der Waals surface area contributed by atoms with Crippen molar-refractivity contribution in [1.82, 2.24) is 9.88 Å². The van der Waals surface area contributed by atoms with E-state index in [1.807, 2.05) is 13.0 Å². The van der Waals surface area contributed by atoms with Crippen LogP contribution in [0.5, 0.6) is 0 Å². The highest BCUT2D eigenvalue weighted by Crippen LogP contribution is 2.24. The van der Waals surface area contributed by atoms with Crippen LogP contribution in [0, 0.1) is 6.92 Å². The Morgan fingerprint density at radius 2 is 2.11 bits per heavy atom. The highest BCUT2D eigenvalue weighted by atomic mass is 16.3. The maximum Gasteiger partial charge on any atom is 0.0695 e. The monoisotopic (exact) mass is 248 g/mol. The van der Waals surface area contributed by atoms with Gasteiger partial charge in [-0.25, -0.2) is 0 Å². The number of hydrogen-bond acceptors (Lipinski definition) is 3. The summed E-state index contributed by atoms with van der Waals surface area (Å²) in [6.45, 7) is 6.00. The molecule has 1 saturated carbocycles. The van der Waals surface area contributed by atoms with E-state index in [9.17, 15) is 5.11 Å². The van der Waals surface area contributed by atoms with E-state index in [-0.39, 0.29) is 6.10 Å². The van der Waals surface area contributed by atoms with Crippen molar-refractivity contribution in [1.29, 1.82) is 0 Å². The van der Waals surface area contributed by atoms with Gasteiger partial charge < -0.3 is 5.11 Å². The van der Waals surface area contributed by atoms with Gasteiger partial charge in [-0.1, -0.05) is 25.8 Å². The number of nitrogens with zero attached hydrogens (tertiary/aromatic N) is 2. The fraction of sp³-hybridized carbons (Fsp3) is 0.667. The first-order valence-corrected chi connectivity index (χ1v) is 7.05. The zero-order valence-corrected chi connectivity index (χ0v) is 11.5. The maximum atomic E-state index is 10.1. The van der Waals surface area contributed by atoms with E-state index in [0.717, 1.165) is 43.7 Å². The molecule has 0 aliphatic heterocycles. The quantitative estimate of drug-likeness (QED) is 0.889. The third kappa shape index (κ3) is 3.30. The lowest BCUT2D eigenvalue weighted by molar-refractivity contribution is 0.0177. The Morgan fingerprint density at radius 1 is 1.33 bits per heavy atom. The molecule has 2 rings (SSSR count). The molecule has 1 heterocycles. The van der Waals surface area contributed by atoms with Gasteiger partial charge in [-0.05, 0) is 38.4 Å². The Bertz CT molecular complexity index is 381. The van der Waals surface area contributed by atoms with Crippen LogP contribution in [0.1, 0.15) is 44.0 Å². The zero-order chi connectivity index (χ0) is 13.0. The van der Waals surface area contributed by atoms with Crippen LogP contribution in [0.4, 0.5) is 0 Å². The summed E-state index contributed by atoms with van der Waals surface area (Å²) in [4.78, 5) is 6.92. The topological polar surface area (TPSA) is 36.4 Å². The summed E-state index contributed by atoms with van der Waals surface area (Å²) in [7, 11) is 0. The summed E-state index contributed by atoms with van der Waals surface area (Å²) in [6, 6.07) is 6.47. The Balaban J connectivity index is 2.04. The third-order valence-electron chi connectivity index (χ3n) is 3.88. The van der Waals surface area contributed by atoms with E-state index >= 15 is 0 Å². The number of aryl methyl sites for hydroxylation is 1. The van der Waals surface area contributed by atoms with Gasteiger partial charge in [0.15, 0.2) is 0 Å². The molecule has 3 nitrogen and oxygen atoms in total. The summed E-state index contributed by atoms with van der Waals surface area (Å²) in [6.07, 6.45) is 4.30. The maximum absolute atomic E-state index is 10.1. The molecule has 0 spiro atoms. The lowest BCUT2D eigenvalue weighted by Crippen LogP contribution is -2.45. The summed E-state index contributed by atoms with van der Waals surface area (Å²) in [5, 5.41) is 10.1. The number of rotatable bonds is 4. The zero-order valence-electron chi connectivity index (χ0n) is 11.5. The van der Waals surface area contributed by atoms with Crippen molar-refractivity contribution in [2.24, 2.45) is 0 Å². The smallest absolute Gasteiger partial charge is 0.0695 e. The molecule has 0 saturated heterocycles. The van der Waals surface area contributed by atoms with Gasteiger partial charge >= 0.3 is 0 Å². The van der Waals surface area contributed by atoms with E-state index in [4.69, 9.17) is 0 Å². The number of pyridine rings is 1. The molecule has 1 N–H and O–H groups in total. The second kappa shape index (κ2) is 6.30. The molecular weight excluding hydrogens is 224 g/mol. The van der Waals surface area contributed by atoms with Gasteiger partial charge in [0, 0.05) is 18.3 Å². The Morgan fingerprint density at radius 3 is 2.78 bits per heavy atom. The van der Waals surface area contributed by atoms with Crippen molar-refractivity contribution in [3.63, 3.8) is 0 Å². The molecule has 1 aromatic heterocycles. The average Bonchev–Trinajstić information content (AvgIpc) is 2.37. The number of aliphatic hydroxyl groups excluding tert-OH is 1. The summed E-state index contributed by atoms with van der Waals surface area (Å²) < 4.78 is 0. The number of likely N-dealkylation sites (N-methyl/N-ethyl adjacent to an activating group) is 1. The first kappa shape index (κ1) is 13.5. The fourth-order valence-corrected chi connectivity index (χ4v) is 2.88. The first-order chi connectivity index (χ1) is 8.70. The lowest BCUT2D eigenvalue weighted by atomic mass is 9.91. The molecule has 2 atom stereocenters. The highest BCUT2D eigenvalue weighted by molar-refractivity contribution is 5.10. The van der Waals surface area contributed by atoms with Crippen LogP contribution in [0.15, 0.2) is 18.2 Å². The normalized spacial score (nSPS) is 24.4. The number of aliphatic hydroxyl groups is 1. The van der Waals surface area contributed by atoms with Gasteiger partial charge in [0.2, 0.25) is 0 Å². The molecule has 3 heteroatoms. The average molecular weight is 248 g/mol. The van der Waals surface area contributed by atoms with Crippen molar-refractivity contribution in [3.05, 3.63) is 29.6 Å². The van der Waals surface area contributed by atoms with Crippen molar-refractivity contribution < 1.29 is 5.11 Å². The van der Waals surface area contributed by atoms with Crippen LogP contribution in [0.3, 0.4) is 0 Å². The van der Waals surface area contributed by atoms with E-state index < -0.39 is 0 Å². The van der Waals surface area contributed by atoms with E-state index in [0.29, 0.717) is 6.04 Å². The van der Waals surface area contributed by atoms with Gasteiger partial charge in [0.25, 0.3) is 0 Å². The molecule has 18 heavy (non-hydrogen) atoms. The van der Waals surface area contributed by atoms with Gasteiger partial charge in [-0.15, -0.1) is 0 Å². The summed E-state index contributed by atoms with van der Waals surface area (Å²) >= 11 is 0. The van der Waals surface area contributed by atoms with Crippen molar-refractivity contribution >= 4 is 0 Å². The molecule has 0 aromatic carbocycles. The number of aromatic nitrogens is 1. The van der Waals surface area contributed by atoms with E-state index in [1.54, 1.807) is 0 Å². The van der Waals surface area contributed by atoms with Crippen LogP contribution in [-0.4, -0.2) is 33.7 Å². The molecule has 100 valence electrons. The fourth-order valence-electron chi connectivity index (χ4n) is 2.88. The van der Waals surface area contributed by atoms with Crippen molar-refractivity contribution in [2.45, 2.75) is 58.2 Å². The molecule has 1 aliphatic rings. The minimum atomic E-state index is -0.163. The highest BCUT2D eigenvalue weighted by Gasteiger charge is 2.27. The minimum absolute atomic E-state index is 0.163. The molecule has 2 unspecified atom stereocenters. The molecule has 1 fully saturated rings. The summed E-state index contributed by atoms with van der Waals surface area (Å²) in [5.74, 6) is 0. The minimum Gasteiger partial charge on any atom is -0.391 e. The molecular formula is C15H24N2O. The van der Waals surface area contributed by atoms with Crippen LogP contribution in [0.2, 0.25) is 0 Å². The molecule has 1 aliphatic carbocycles. The van der Waals surface area contributed by atoms with Crippen LogP contribution >= 0.6 is 0 Å². The Hall–Kier alpha value is -0.930. The summed E-state index contributed by atoms with van der Waals surface area (Å²) in [5.41, 5.74) is 2.17. The SMILES string of the molecule is CCN(Cc1cccc(C)n1)C1CCCCC1O. The van der Waals surface area contributed by atoms with Crippen LogP contribution in [-0.2, 0) is 6.54 Å². The second-order valence-electron chi connectivity index (χ2n) is 5.25. The van der Waals surface area contributed by atoms with E-state index in [1.165, 1.54) is 6.42 Å². The van der Waals surface area contributed by atoms with Crippen molar-refractivity contribution in [3.8, 4) is 0 Å². The molecule has 0 amide bonds. The molecule has 0 radical (unpaired) electrons. The van der Waals surface area contributed by atoms with Gasteiger partial charge in [0.1, 0.15) is 0 Å². The Labute approximate surface area is 110 Å². The predicted molar refractivity (Wildman–Crippen MR) is 73.3 cm³/mol. The molecule has 0 bridgehead atoms. The predicted octanol–water partition coefficient (Wildman–Crippen LogP) is 2.52. The molecule has 1 aromatic rings. The Kier molecular flexibility index (Phi) is 4.72.